The fourth-order valence-electron chi connectivity index (χ4n) is 2.73. The molecule has 0 unspecified atom stereocenters. The lowest BCUT2D eigenvalue weighted by molar-refractivity contribution is -0.116. The molecule has 0 aromatic carbocycles. The van der Waals surface area contributed by atoms with Crippen LogP contribution in [0.25, 0.3) is 0 Å². The van der Waals surface area contributed by atoms with Gasteiger partial charge in [-0.15, -0.1) is 0 Å². The number of hydrogen-bond acceptors (Lipinski definition) is 7. The Balaban J connectivity index is 1.52. The first-order chi connectivity index (χ1) is 12.3. The van der Waals surface area contributed by atoms with E-state index >= 15 is 0 Å². The van der Waals surface area contributed by atoms with Gasteiger partial charge in [-0.3, -0.25) is 4.79 Å². The molecule has 1 aliphatic rings. The minimum Gasteiger partial charge on any atom is -0.367 e. The fourth-order valence-corrected chi connectivity index (χ4v) is 2.73. The van der Waals surface area contributed by atoms with E-state index in [1.165, 1.54) is 0 Å². The van der Waals surface area contributed by atoms with Crippen LogP contribution in [0.15, 0.2) is 36.8 Å². The molecule has 1 aliphatic heterocycles. The standard InChI is InChI=1S/C17H23N7O/c18-6-1-3-16(25)22-15-5-4-14(13-21-15)23-9-11-24(12-10-23)17-19-7-2-8-20-17/h2,4-5,7-8,13H,1,3,6,9-12,18H2,(H,21,22,25). The summed E-state index contributed by atoms with van der Waals surface area (Å²) in [6.07, 6.45) is 6.42. The van der Waals surface area contributed by atoms with Gasteiger partial charge in [0.1, 0.15) is 5.82 Å². The Morgan fingerprint density at radius 1 is 1.08 bits per heavy atom. The second-order valence-corrected chi connectivity index (χ2v) is 5.86. The number of nitrogens with one attached hydrogen (secondary N) is 1. The highest BCUT2D eigenvalue weighted by Gasteiger charge is 2.19. The third-order valence-electron chi connectivity index (χ3n) is 4.10. The molecule has 1 amide bonds. The van der Waals surface area contributed by atoms with Crippen molar-refractivity contribution >= 4 is 23.4 Å². The van der Waals surface area contributed by atoms with Gasteiger partial charge in [-0.25, -0.2) is 15.0 Å². The third-order valence-corrected chi connectivity index (χ3v) is 4.10. The van der Waals surface area contributed by atoms with E-state index in [0.29, 0.717) is 25.2 Å². The van der Waals surface area contributed by atoms with Gasteiger partial charge < -0.3 is 20.9 Å². The van der Waals surface area contributed by atoms with E-state index < -0.39 is 0 Å². The molecule has 2 aromatic heterocycles. The van der Waals surface area contributed by atoms with Gasteiger partial charge in [0.2, 0.25) is 11.9 Å². The molecule has 3 rings (SSSR count). The van der Waals surface area contributed by atoms with Crippen molar-refractivity contribution in [3.8, 4) is 0 Å². The summed E-state index contributed by atoms with van der Waals surface area (Å²) in [5, 5.41) is 2.79. The molecule has 8 nitrogen and oxygen atoms in total. The second-order valence-electron chi connectivity index (χ2n) is 5.86. The Morgan fingerprint density at radius 3 is 2.44 bits per heavy atom. The van der Waals surface area contributed by atoms with Crippen LogP contribution < -0.4 is 20.9 Å². The van der Waals surface area contributed by atoms with E-state index in [4.69, 9.17) is 5.73 Å². The number of nitrogens with zero attached hydrogens (tertiary/aromatic N) is 5. The fraction of sp³-hybridized carbons (Fsp3) is 0.412. The molecule has 1 fully saturated rings. The first-order valence-electron chi connectivity index (χ1n) is 8.49. The zero-order valence-corrected chi connectivity index (χ0v) is 14.1. The van der Waals surface area contributed by atoms with Gasteiger partial charge in [-0.05, 0) is 31.2 Å². The lowest BCUT2D eigenvalue weighted by Crippen LogP contribution is -2.47. The number of pyridine rings is 1. The van der Waals surface area contributed by atoms with Crippen LogP contribution in [0.2, 0.25) is 0 Å². The van der Waals surface area contributed by atoms with Crippen molar-refractivity contribution < 1.29 is 4.79 Å². The maximum Gasteiger partial charge on any atom is 0.225 e. The molecule has 3 N–H and O–H groups in total. The van der Waals surface area contributed by atoms with E-state index in [0.717, 1.165) is 37.8 Å². The number of amides is 1. The Hall–Kier alpha value is -2.74. The highest BCUT2D eigenvalue weighted by Crippen LogP contribution is 2.18. The Kier molecular flexibility index (Phi) is 5.73. The van der Waals surface area contributed by atoms with Gasteiger partial charge >= 0.3 is 0 Å². The zero-order valence-electron chi connectivity index (χ0n) is 14.1. The molecule has 0 bridgehead atoms. The van der Waals surface area contributed by atoms with Gasteiger partial charge in [0.15, 0.2) is 0 Å². The number of rotatable bonds is 6. The van der Waals surface area contributed by atoms with Crippen molar-refractivity contribution in [2.45, 2.75) is 12.8 Å². The molecule has 0 atom stereocenters. The number of aromatic nitrogens is 3. The van der Waals surface area contributed by atoms with Crippen LogP contribution in [-0.4, -0.2) is 53.6 Å². The van der Waals surface area contributed by atoms with Crippen molar-refractivity contribution in [3.05, 3.63) is 36.8 Å². The van der Waals surface area contributed by atoms with Crippen LogP contribution in [0.5, 0.6) is 0 Å². The second kappa shape index (κ2) is 8.39. The summed E-state index contributed by atoms with van der Waals surface area (Å²) in [6, 6.07) is 5.64. The topological polar surface area (TPSA) is 100 Å². The number of anilines is 3. The summed E-state index contributed by atoms with van der Waals surface area (Å²) in [6.45, 7) is 3.99. The predicted molar refractivity (Wildman–Crippen MR) is 97.6 cm³/mol. The molecule has 3 heterocycles. The average molecular weight is 341 g/mol. The molecule has 2 aromatic rings. The largest absolute Gasteiger partial charge is 0.367 e. The van der Waals surface area contributed by atoms with E-state index in [9.17, 15) is 4.79 Å². The Labute approximate surface area is 147 Å². The van der Waals surface area contributed by atoms with E-state index in [2.05, 4.69) is 30.1 Å². The van der Waals surface area contributed by atoms with Crippen molar-refractivity contribution in [1.29, 1.82) is 0 Å². The van der Waals surface area contributed by atoms with Crippen LogP contribution in [0.1, 0.15) is 12.8 Å². The summed E-state index contributed by atoms with van der Waals surface area (Å²) in [5.74, 6) is 1.29. The molecule has 0 spiro atoms. The minimum absolute atomic E-state index is 0.0535. The van der Waals surface area contributed by atoms with Crippen LogP contribution in [-0.2, 0) is 4.79 Å². The number of nitrogens with two attached hydrogens (primary N) is 1. The SMILES string of the molecule is NCCCC(=O)Nc1ccc(N2CCN(c3ncccn3)CC2)cn1. The van der Waals surface area contributed by atoms with Crippen LogP contribution in [0.4, 0.5) is 17.5 Å². The summed E-state index contributed by atoms with van der Waals surface area (Å²) in [5.41, 5.74) is 6.46. The molecule has 0 radical (unpaired) electrons. The highest BCUT2D eigenvalue weighted by atomic mass is 16.1. The normalized spacial score (nSPS) is 14.4. The maximum atomic E-state index is 11.7. The van der Waals surface area contributed by atoms with Crippen molar-refractivity contribution in [1.82, 2.24) is 15.0 Å². The summed E-state index contributed by atoms with van der Waals surface area (Å²) >= 11 is 0. The van der Waals surface area contributed by atoms with Gasteiger partial charge in [0.25, 0.3) is 0 Å². The van der Waals surface area contributed by atoms with Crippen molar-refractivity contribution in [3.63, 3.8) is 0 Å². The van der Waals surface area contributed by atoms with Gasteiger partial charge in [-0.2, -0.15) is 0 Å². The lowest BCUT2D eigenvalue weighted by Gasteiger charge is -2.35. The van der Waals surface area contributed by atoms with Crippen LogP contribution >= 0.6 is 0 Å². The number of carbonyl (C=O) groups excluding carboxylic acids is 1. The Morgan fingerprint density at radius 2 is 1.80 bits per heavy atom. The van der Waals surface area contributed by atoms with Crippen molar-refractivity contribution in [2.75, 3.05) is 47.8 Å². The molecule has 132 valence electrons. The maximum absolute atomic E-state index is 11.7. The Bertz CT molecular complexity index is 669. The molecular weight excluding hydrogens is 318 g/mol. The smallest absolute Gasteiger partial charge is 0.225 e. The first kappa shape index (κ1) is 17.1. The summed E-state index contributed by atoms with van der Waals surface area (Å²) in [4.78, 5) is 29.1. The predicted octanol–water partition coefficient (Wildman–Crippen LogP) is 0.876. The van der Waals surface area contributed by atoms with E-state index in [1.807, 2.05) is 18.2 Å². The summed E-state index contributed by atoms with van der Waals surface area (Å²) in [7, 11) is 0. The molecule has 0 saturated carbocycles. The van der Waals surface area contributed by atoms with Crippen LogP contribution in [0.3, 0.4) is 0 Å². The van der Waals surface area contributed by atoms with Gasteiger partial charge in [0.05, 0.1) is 11.9 Å². The number of hydrogen-bond donors (Lipinski definition) is 2. The summed E-state index contributed by atoms with van der Waals surface area (Å²) < 4.78 is 0. The molecular formula is C17H23N7O. The number of piperazine rings is 1. The van der Waals surface area contributed by atoms with Crippen LogP contribution in [0, 0.1) is 0 Å². The number of carbonyl (C=O) groups is 1. The monoisotopic (exact) mass is 341 g/mol. The van der Waals surface area contributed by atoms with E-state index in [1.54, 1.807) is 18.6 Å². The molecule has 8 heteroatoms. The highest BCUT2D eigenvalue weighted by molar-refractivity contribution is 5.89. The third kappa shape index (κ3) is 4.63. The van der Waals surface area contributed by atoms with E-state index in [-0.39, 0.29) is 5.91 Å². The average Bonchev–Trinajstić information content (AvgIpc) is 2.68. The zero-order chi connectivity index (χ0) is 17.5. The van der Waals surface area contributed by atoms with Gasteiger partial charge in [-0.1, -0.05) is 0 Å². The lowest BCUT2D eigenvalue weighted by atomic mass is 10.2. The van der Waals surface area contributed by atoms with Crippen molar-refractivity contribution in [2.24, 2.45) is 5.73 Å². The molecule has 0 aliphatic carbocycles. The van der Waals surface area contributed by atoms with Gasteiger partial charge in [0, 0.05) is 45.0 Å². The minimum atomic E-state index is -0.0535. The first-order valence-corrected chi connectivity index (χ1v) is 8.49. The molecule has 1 saturated heterocycles. The quantitative estimate of drug-likeness (QED) is 0.804. The molecule has 25 heavy (non-hydrogen) atoms.